The van der Waals surface area contributed by atoms with Crippen LogP contribution in [0, 0.1) is 5.41 Å². The minimum Gasteiger partial charge on any atom is -0.466 e. The SMILES string of the molecule is CCCC1(C(C)(C)C2(CC(=O)OCC)c3ccccc3-c3ccccc32)c2ccccc2-c2ccccc21. The lowest BCUT2D eigenvalue weighted by Crippen LogP contribution is -2.56. The Balaban J connectivity index is 1.74. The molecule has 0 saturated heterocycles. The summed E-state index contributed by atoms with van der Waals surface area (Å²) < 4.78 is 5.71. The molecule has 0 bridgehead atoms. The van der Waals surface area contributed by atoms with E-state index in [1.165, 1.54) is 44.5 Å². The second-order valence-electron chi connectivity index (χ2n) is 11.3. The van der Waals surface area contributed by atoms with Crippen molar-refractivity contribution >= 4 is 5.97 Å². The number of esters is 1. The van der Waals surface area contributed by atoms with Crippen molar-refractivity contribution in [2.24, 2.45) is 5.41 Å². The summed E-state index contributed by atoms with van der Waals surface area (Å²) >= 11 is 0. The quantitative estimate of drug-likeness (QED) is 0.237. The fourth-order valence-electron chi connectivity index (χ4n) is 8.16. The average molecular weight is 501 g/mol. The zero-order valence-corrected chi connectivity index (χ0v) is 22.9. The molecule has 0 radical (unpaired) electrons. The molecule has 0 fully saturated rings. The number of ether oxygens (including phenoxy) is 1. The molecule has 4 aromatic rings. The number of carbonyl (C=O) groups is 1. The normalized spacial score (nSPS) is 15.8. The highest BCUT2D eigenvalue weighted by Crippen LogP contribution is 2.70. The number of benzene rings is 4. The first-order valence-electron chi connectivity index (χ1n) is 14.0. The van der Waals surface area contributed by atoms with Crippen LogP contribution in [-0.2, 0) is 20.4 Å². The molecule has 2 aliphatic carbocycles. The number of fused-ring (bicyclic) bond motifs is 6. The van der Waals surface area contributed by atoms with Crippen LogP contribution in [0.4, 0.5) is 0 Å². The van der Waals surface area contributed by atoms with Crippen LogP contribution in [0.1, 0.15) is 69.2 Å². The summed E-state index contributed by atoms with van der Waals surface area (Å²) in [6.07, 6.45) is 2.32. The lowest BCUT2D eigenvalue weighted by Gasteiger charge is -2.57. The van der Waals surface area contributed by atoms with E-state index in [1.807, 2.05) is 6.92 Å². The number of hydrogen-bond donors (Lipinski definition) is 0. The Bertz CT molecular complexity index is 1430. The highest BCUT2D eigenvalue weighted by atomic mass is 16.5. The van der Waals surface area contributed by atoms with E-state index in [0.29, 0.717) is 13.0 Å². The smallest absolute Gasteiger partial charge is 0.307 e. The molecule has 0 amide bonds. The molecule has 0 aromatic heterocycles. The van der Waals surface area contributed by atoms with E-state index in [0.717, 1.165) is 12.8 Å². The summed E-state index contributed by atoms with van der Waals surface area (Å²) in [4.78, 5) is 13.6. The molecule has 38 heavy (non-hydrogen) atoms. The number of hydrogen-bond acceptors (Lipinski definition) is 2. The summed E-state index contributed by atoms with van der Waals surface area (Å²) in [6, 6.07) is 35.3. The van der Waals surface area contributed by atoms with Crippen molar-refractivity contribution in [2.75, 3.05) is 6.61 Å². The second-order valence-corrected chi connectivity index (χ2v) is 11.3. The van der Waals surface area contributed by atoms with Gasteiger partial charge < -0.3 is 4.74 Å². The maximum Gasteiger partial charge on any atom is 0.307 e. The molecule has 2 heteroatoms. The Morgan fingerprint density at radius 2 is 1.00 bits per heavy atom. The predicted octanol–water partition coefficient (Wildman–Crippen LogP) is 8.70. The molecule has 192 valence electrons. The van der Waals surface area contributed by atoms with Crippen LogP contribution in [0.15, 0.2) is 97.1 Å². The van der Waals surface area contributed by atoms with Crippen LogP contribution in [0.5, 0.6) is 0 Å². The minimum atomic E-state index is -0.577. The standard InChI is InChI=1S/C36H36O2/c1-5-23-35(29-19-11-7-15-25(29)26-16-8-12-20-30(26)35)34(3,4)36(24-33(37)38-6-2)31-21-13-9-17-27(31)28-18-10-14-22-32(28)36/h7-22H,5-6,23-24H2,1-4H3. The van der Waals surface area contributed by atoms with E-state index < -0.39 is 10.8 Å². The predicted molar refractivity (Wildman–Crippen MR) is 155 cm³/mol. The molecular weight excluding hydrogens is 464 g/mol. The van der Waals surface area contributed by atoms with Crippen molar-refractivity contribution in [1.82, 2.24) is 0 Å². The summed E-state index contributed by atoms with van der Waals surface area (Å²) in [5.41, 5.74) is 9.03. The van der Waals surface area contributed by atoms with Gasteiger partial charge in [-0.05, 0) is 63.3 Å². The van der Waals surface area contributed by atoms with Gasteiger partial charge in [0, 0.05) is 10.8 Å². The van der Waals surface area contributed by atoms with Crippen LogP contribution in [-0.4, -0.2) is 12.6 Å². The Morgan fingerprint density at radius 1 is 0.632 bits per heavy atom. The van der Waals surface area contributed by atoms with E-state index in [9.17, 15) is 4.79 Å². The number of rotatable bonds is 7. The lowest BCUT2D eigenvalue weighted by atomic mass is 9.45. The van der Waals surface area contributed by atoms with E-state index >= 15 is 0 Å². The fraction of sp³-hybridized carbons (Fsp3) is 0.306. The molecule has 0 saturated carbocycles. The summed E-state index contributed by atoms with van der Waals surface area (Å²) in [6.45, 7) is 9.40. The van der Waals surface area contributed by atoms with Gasteiger partial charge in [-0.2, -0.15) is 0 Å². The first-order valence-corrected chi connectivity index (χ1v) is 14.0. The highest BCUT2D eigenvalue weighted by molar-refractivity contribution is 5.88. The van der Waals surface area contributed by atoms with Gasteiger partial charge in [-0.3, -0.25) is 4.79 Å². The van der Waals surface area contributed by atoms with Crippen LogP contribution in [0.25, 0.3) is 22.3 Å². The highest BCUT2D eigenvalue weighted by Gasteiger charge is 2.64. The molecule has 2 nitrogen and oxygen atoms in total. The van der Waals surface area contributed by atoms with Gasteiger partial charge in [0.25, 0.3) is 0 Å². The average Bonchev–Trinajstić information content (AvgIpc) is 3.39. The maximum absolute atomic E-state index is 13.6. The van der Waals surface area contributed by atoms with Gasteiger partial charge in [0.2, 0.25) is 0 Å². The van der Waals surface area contributed by atoms with E-state index in [-0.39, 0.29) is 11.4 Å². The molecule has 4 aromatic carbocycles. The van der Waals surface area contributed by atoms with Gasteiger partial charge in [0.1, 0.15) is 0 Å². The summed E-state index contributed by atoms with van der Waals surface area (Å²) in [7, 11) is 0. The molecule has 0 unspecified atom stereocenters. The minimum absolute atomic E-state index is 0.140. The fourth-order valence-corrected chi connectivity index (χ4v) is 8.16. The molecule has 0 N–H and O–H groups in total. The van der Waals surface area contributed by atoms with Gasteiger partial charge in [-0.1, -0.05) is 124 Å². The monoisotopic (exact) mass is 500 g/mol. The van der Waals surface area contributed by atoms with Crippen molar-refractivity contribution in [3.05, 3.63) is 119 Å². The van der Waals surface area contributed by atoms with Gasteiger partial charge in [-0.25, -0.2) is 0 Å². The zero-order chi connectivity index (χ0) is 26.5. The van der Waals surface area contributed by atoms with Gasteiger partial charge in [-0.15, -0.1) is 0 Å². The van der Waals surface area contributed by atoms with Crippen LogP contribution < -0.4 is 0 Å². The second kappa shape index (κ2) is 8.98. The first kappa shape index (κ1) is 24.7. The third-order valence-electron chi connectivity index (χ3n) is 9.60. The van der Waals surface area contributed by atoms with Crippen LogP contribution in [0.2, 0.25) is 0 Å². The topological polar surface area (TPSA) is 26.3 Å². The van der Waals surface area contributed by atoms with E-state index in [4.69, 9.17) is 4.74 Å². The van der Waals surface area contributed by atoms with E-state index in [2.05, 4.69) is 118 Å². The molecule has 6 rings (SSSR count). The molecule has 0 atom stereocenters. The van der Waals surface area contributed by atoms with E-state index in [1.54, 1.807) is 0 Å². The zero-order valence-electron chi connectivity index (χ0n) is 22.9. The largest absolute Gasteiger partial charge is 0.466 e. The molecule has 0 spiro atoms. The Hall–Kier alpha value is -3.65. The maximum atomic E-state index is 13.6. The van der Waals surface area contributed by atoms with Crippen LogP contribution >= 0.6 is 0 Å². The number of carbonyl (C=O) groups excluding carboxylic acids is 1. The van der Waals surface area contributed by atoms with Gasteiger partial charge >= 0.3 is 5.97 Å². The Labute approximate surface area is 226 Å². The molecule has 0 heterocycles. The molecule has 2 aliphatic rings. The van der Waals surface area contributed by atoms with Crippen molar-refractivity contribution in [3.8, 4) is 22.3 Å². The lowest BCUT2D eigenvalue weighted by molar-refractivity contribution is -0.146. The third kappa shape index (κ3) is 3.04. The van der Waals surface area contributed by atoms with Crippen molar-refractivity contribution in [2.45, 2.75) is 57.8 Å². The Morgan fingerprint density at radius 3 is 1.37 bits per heavy atom. The first-order chi connectivity index (χ1) is 18.4. The Kier molecular flexibility index (Phi) is 5.83. The molecular formula is C36H36O2. The van der Waals surface area contributed by atoms with Crippen LogP contribution in [0.3, 0.4) is 0 Å². The van der Waals surface area contributed by atoms with Crippen molar-refractivity contribution < 1.29 is 9.53 Å². The summed E-state index contributed by atoms with van der Waals surface area (Å²) in [5.74, 6) is -0.140. The van der Waals surface area contributed by atoms with Gasteiger partial charge in [0.05, 0.1) is 13.0 Å². The molecule has 0 aliphatic heterocycles. The summed E-state index contributed by atoms with van der Waals surface area (Å²) in [5, 5.41) is 0. The van der Waals surface area contributed by atoms with Crippen molar-refractivity contribution in [1.29, 1.82) is 0 Å². The van der Waals surface area contributed by atoms with Gasteiger partial charge in [0.15, 0.2) is 0 Å². The third-order valence-corrected chi connectivity index (χ3v) is 9.60. The van der Waals surface area contributed by atoms with Crippen molar-refractivity contribution in [3.63, 3.8) is 0 Å².